The van der Waals surface area contributed by atoms with Crippen LogP contribution in [0.4, 0.5) is 18.0 Å². The number of aryl methyl sites for hydroxylation is 2. The van der Waals surface area contributed by atoms with Crippen molar-refractivity contribution in [1.29, 1.82) is 0 Å². The number of aromatic nitrogens is 5. The zero-order valence-corrected chi connectivity index (χ0v) is 28.4. The summed E-state index contributed by atoms with van der Waals surface area (Å²) in [5, 5.41) is 14.1. The standard InChI is InChI=1S/C32H31F3N6O2S.C3H6O/c1-17-14-40(31(42)43-32(3,4)5)15-21-13-25(38-41(17)21)29-22(12-20(34)9-10-33)27-23(35)16-44-30(27)28(37-29)19-7-8-26-24(11-19)36-18(2)39(26)6;1-2-3-4/h7-13,16-17H,14-15H2,1-6H3;2,4H,1,3H2/b10-9+,20-12?;. The van der Waals surface area contributed by atoms with Crippen molar-refractivity contribution in [1.82, 2.24) is 29.2 Å². The van der Waals surface area contributed by atoms with E-state index < -0.39 is 23.3 Å². The number of ether oxygens (including phenoxy) is 1. The van der Waals surface area contributed by atoms with Gasteiger partial charge in [-0.1, -0.05) is 12.1 Å². The summed E-state index contributed by atoms with van der Waals surface area (Å²) in [6.07, 6.45) is 2.80. The number of imidazole rings is 1. The van der Waals surface area contributed by atoms with Crippen LogP contribution in [0.1, 0.15) is 50.8 Å². The first-order chi connectivity index (χ1) is 22.8. The Hall–Kier alpha value is -4.75. The average Bonchev–Trinajstić information content (AvgIpc) is 3.72. The Bertz CT molecular complexity index is 2070. The molecule has 1 aromatic carbocycles. The number of allylic oxidation sites excluding steroid dienone is 2. The molecule has 0 spiro atoms. The van der Waals surface area contributed by atoms with E-state index in [2.05, 4.69) is 11.6 Å². The van der Waals surface area contributed by atoms with Crippen molar-refractivity contribution in [2.75, 3.05) is 13.2 Å². The molecule has 0 radical (unpaired) electrons. The Labute approximate surface area is 280 Å². The lowest BCUT2D eigenvalue weighted by Gasteiger charge is -2.33. The zero-order chi connectivity index (χ0) is 34.9. The van der Waals surface area contributed by atoms with Crippen molar-refractivity contribution >= 4 is 44.6 Å². The highest BCUT2D eigenvalue weighted by molar-refractivity contribution is 7.17. The van der Waals surface area contributed by atoms with Crippen LogP contribution in [0.15, 0.2) is 60.5 Å². The van der Waals surface area contributed by atoms with E-state index in [1.54, 1.807) is 15.6 Å². The van der Waals surface area contributed by atoms with Crippen molar-refractivity contribution in [3.63, 3.8) is 0 Å². The lowest BCUT2D eigenvalue weighted by molar-refractivity contribution is 0.0166. The fourth-order valence-electron chi connectivity index (χ4n) is 5.52. The molecule has 0 fully saturated rings. The summed E-state index contributed by atoms with van der Waals surface area (Å²) < 4.78 is 53.2. The largest absolute Gasteiger partial charge is 0.444 e. The van der Waals surface area contributed by atoms with E-state index in [4.69, 9.17) is 19.9 Å². The number of fused-ring (bicyclic) bond motifs is 3. The van der Waals surface area contributed by atoms with Crippen LogP contribution >= 0.6 is 11.3 Å². The number of aliphatic hydroxyl groups is 1. The summed E-state index contributed by atoms with van der Waals surface area (Å²) in [4.78, 5) is 24.1. The van der Waals surface area contributed by atoms with Gasteiger partial charge in [-0.2, -0.15) is 5.10 Å². The molecule has 252 valence electrons. The number of benzene rings is 1. The van der Waals surface area contributed by atoms with Crippen LogP contribution in [0, 0.1) is 12.7 Å². The van der Waals surface area contributed by atoms with Gasteiger partial charge in [0.2, 0.25) is 0 Å². The summed E-state index contributed by atoms with van der Waals surface area (Å²) >= 11 is 1.15. The van der Waals surface area contributed by atoms with Crippen molar-refractivity contribution in [2.24, 2.45) is 7.05 Å². The first-order valence-corrected chi connectivity index (χ1v) is 16.1. The first kappa shape index (κ1) is 34.6. The van der Waals surface area contributed by atoms with Crippen molar-refractivity contribution in [3.8, 4) is 22.6 Å². The molecule has 1 unspecified atom stereocenters. The second-order valence-electron chi connectivity index (χ2n) is 12.4. The number of amides is 1. The molecule has 0 aliphatic carbocycles. The minimum Gasteiger partial charge on any atom is -0.444 e. The Kier molecular flexibility index (Phi) is 9.92. The smallest absolute Gasteiger partial charge is 0.410 e. The van der Waals surface area contributed by atoms with Crippen LogP contribution in [0.5, 0.6) is 0 Å². The Morgan fingerprint density at radius 2 is 1.96 bits per heavy atom. The number of aliphatic hydroxyl groups excluding tert-OH is 1. The van der Waals surface area contributed by atoms with Gasteiger partial charge in [-0.05, 0) is 58.9 Å². The van der Waals surface area contributed by atoms with Gasteiger partial charge in [-0.15, -0.1) is 17.9 Å². The number of carbonyl (C=O) groups is 1. The molecule has 1 atom stereocenters. The minimum atomic E-state index is -0.908. The lowest BCUT2D eigenvalue weighted by atomic mass is 10.0. The number of hydrogen-bond donors (Lipinski definition) is 1. The van der Waals surface area contributed by atoms with E-state index in [0.717, 1.165) is 34.3 Å². The Morgan fingerprint density at radius 3 is 2.62 bits per heavy atom. The molecule has 1 N–H and O–H groups in total. The number of rotatable bonds is 5. The van der Waals surface area contributed by atoms with Crippen molar-refractivity contribution in [3.05, 3.63) is 83.4 Å². The van der Waals surface area contributed by atoms with Crippen LogP contribution in [0.25, 0.3) is 49.8 Å². The molecule has 5 aromatic rings. The van der Waals surface area contributed by atoms with E-state index in [0.29, 0.717) is 40.0 Å². The fraction of sp³-hybridized carbons (Fsp3) is 0.314. The SMILES string of the molecule is C=CCO.Cc1nc2cc(-c3nc(-c4cc5n(n4)C(C)CN(C(=O)OC(C)(C)C)C5)c(C=C(F)/C=C/F)c4c(F)csc34)ccc2n1C. The predicted molar refractivity (Wildman–Crippen MR) is 183 cm³/mol. The highest BCUT2D eigenvalue weighted by Crippen LogP contribution is 2.42. The number of carbonyl (C=O) groups excluding carboxylic acids is 1. The summed E-state index contributed by atoms with van der Waals surface area (Å²) in [7, 11) is 1.93. The van der Waals surface area contributed by atoms with Gasteiger partial charge >= 0.3 is 6.09 Å². The van der Waals surface area contributed by atoms with Gasteiger partial charge in [0.1, 0.15) is 28.8 Å². The second-order valence-corrected chi connectivity index (χ2v) is 13.3. The van der Waals surface area contributed by atoms with E-state index >= 15 is 4.39 Å². The molecule has 6 rings (SSSR count). The number of pyridine rings is 1. The molecule has 13 heteroatoms. The molecule has 9 nitrogen and oxygen atoms in total. The lowest BCUT2D eigenvalue weighted by Crippen LogP contribution is -2.43. The van der Waals surface area contributed by atoms with Gasteiger partial charge in [0, 0.05) is 41.6 Å². The monoisotopic (exact) mass is 678 g/mol. The predicted octanol–water partition coefficient (Wildman–Crippen LogP) is 8.43. The van der Waals surface area contributed by atoms with Crippen LogP contribution in [-0.2, 0) is 18.3 Å². The summed E-state index contributed by atoms with van der Waals surface area (Å²) in [5.74, 6) is -0.622. The van der Waals surface area contributed by atoms with Gasteiger partial charge in [0.25, 0.3) is 0 Å². The first-order valence-electron chi connectivity index (χ1n) is 15.2. The van der Waals surface area contributed by atoms with E-state index in [1.807, 2.05) is 64.4 Å². The quantitative estimate of drug-likeness (QED) is 0.148. The zero-order valence-electron chi connectivity index (χ0n) is 27.6. The number of hydrogen-bond acceptors (Lipinski definition) is 7. The maximum atomic E-state index is 15.5. The van der Waals surface area contributed by atoms with Crippen molar-refractivity contribution in [2.45, 2.75) is 52.8 Å². The fourth-order valence-corrected chi connectivity index (χ4v) is 6.46. The molecule has 1 amide bonds. The van der Waals surface area contributed by atoms with Gasteiger partial charge in [0.05, 0.1) is 58.3 Å². The molecule has 48 heavy (non-hydrogen) atoms. The van der Waals surface area contributed by atoms with Gasteiger partial charge in [-0.3, -0.25) is 4.68 Å². The molecule has 0 saturated heterocycles. The van der Waals surface area contributed by atoms with Gasteiger partial charge < -0.3 is 19.3 Å². The molecule has 1 aliphatic rings. The number of thiophene rings is 1. The Balaban J connectivity index is 0.00000107. The maximum absolute atomic E-state index is 15.5. The summed E-state index contributed by atoms with van der Waals surface area (Å²) in [5.41, 5.74) is 3.67. The highest BCUT2D eigenvalue weighted by atomic mass is 32.1. The second kappa shape index (κ2) is 13.8. The molecule has 0 saturated carbocycles. The van der Waals surface area contributed by atoms with Crippen LogP contribution in [0.3, 0.4) is 0 Å². The highest BCUT2D eigenvalue weighted by Gasteiger charge is 2.31. The number of halogens is 3. The molecule has 4 aromatic heterocycles. The molecular formula is C35H37F3N6O3S. The average molecular weight is 679 g/mol. The van der Waals surface area contributed by atoms with E-state index in [1.165, 1.54) is 11.5 Å². The third-order valence-corrected chi connectivity index (χ3v) is 8.64. The van der Waals surface area contributed by atoms with Crippen LogP contribution in [0.2, 0.25) is 0 Å². The normalized spacial score (nSPS) is 15.2. The van der Waals surface area contributed by atoms with Crippen LogP contribution in [-0.4, -0.2) is 59.2 Å². The molecule has 5 heterocycles. The summed E-state index contributed by atoms with van der Waals surface area (Å²) in [6, 6.07) is 7.28. The third-order valence-electron chi connectivity index (χ3n) is 7.68. The Morgan fingerprint density at radius 1 is 1.23 bits per heavy atom. The minimum absolute atomic E-state index is 0.0833. The molecule has 1 aliphatic heterocycles. The number of nitrogens with zero attached hydrogens (tertiary/aromatic N) is 6. The third kappa shape index (κ3) is 6.92. The maximum Gasteiger partial charge on any atom is 0.410 e. The van der Waals surface area contributed by atoms with E-state index in [-0.39, 0.29) is 42.2 Å². The summed E-state index contributed by atoms with van der Waals surface area (Å²) in [6.45, 7) is 13.2. The molecule has 0 bridgehead atoms. The van der Waals surface area contributed by atoms with Crippen LogP contribution < -0.4 is 0 Å². The van der Waals surface area contributed by atoms with Crippen molar-refractivity contribution < 1.29 is 27.8 Å². The van der Waals surface area contributed by atoms with Gasteiger partial charge in [-0.25, -0.2) is 27.9 Å². The van der Waals surface area contributed by atoms with Gasteiger partial charge in [0.15, 0.2) is 0 Å². The molecular weight excluding hydrogens is 641 g/mol. The topological polar surface area (TPSA) is 98.3 Å². The van der Waals surface area contributed by atoms with E-state index in [9.17, 15) is 13.6 Å².